The normalized spacial score (nSPS) is 11.8. The van der Waals surface area contributed by atoms with Gasteiger partial charge in [-0.05, 0) is 50.5 Å². The van der Waals surface area contributed by atoms with Crippen LogP contribution in [0.3, 0.4) is 0 Å². The highest BCUT2D eigenvalue weighted by molar-refractivity contribution is 5.95. The monoisotopic (exact) mass is 297 g/mol. The topological polar surface area (TPSA) is 38.3 Å². The van der Waals surface area contributed by atoms with E-state index in [1.165, 1.54) is 5.56 Å². The summed E-state index contributed by atoms with van der Waals surface area (Å²) in [7, 11) is 0. The Morgan fingerprint density at radius 2 is 1.82 bits per heavy atom. The summed E-state index contributed by atoms with van der Waals surface area (Å²) in [6.45, 7) is 7.95. The first kappa shape index (κ1) is 16.1. The van der Waals surface area contributed by atoms with Crippen molar-refractivity contribution in [2.45, 2.75) is 40.2 Å². The number of ether oxygens (including phenoxy) is 1. The fraction of sp³-hybridized carbons (Fsp3) is 0.316. The van der Waals surface area contributed by atoms with Crippen LogP contribution in [0, 0.1) is 20.8 Å². The van der Waals surface area contributed by atoms with Gasteiger partial charge in [0.05, 0.1) is 0 Å². The van der Waals surface area contributed by atoms with E-state index >= 15 is 0 Å². The van der Waals surface area contributed by atoms with Crippen LogP contribution in [0.15, 0.2) is 42.5 Å². The van der Waals surface area contributed by atoms with E-state index in [9.17, 15) is 4.79 Å². The summed E-state index contributed by atoms with van der Waals surface area (Å²) >= 11 is 0. The van der Waals surface area contributed by atoms with Crippen molar-refractivity contribution >= 4 is 11.6 Å². The summed E-state index contributed by atoms with van der Waals surface area (Å²) in [4.78, 5) is 12.5. The first-order chi connectivity index (χ1) is 10.5. The zero-order valence-corrected chi connectivity index (χ0v) is 13.6. The summed E-state index contributed by atoms with van der Waals surface area (Å²) in [6, 6.07) is 13.7. The van der Waals surface area contributed by atoms with Crippen molar-refractivity contribution in [3.05, 3.63) is 59.2 Å². The van der Waals surface area contributed by atoms with Crippen molar-refractivity contribution in [2.24, 2.45) is 0 Å². The van der Waals surface area contributed by atoms with Crippen LogP contribution in [0.1, 0.15) is 30.0 Å². The number of anilines is 1. The summed E-state index contributed by atoms with van der Waals surface area (Å²) in [5.41, 5.74) is 4.10. The molecule has 1 N–H and O–H groups in total. The molecule has 1 atom stereocenters. The van der Waals surface area contributed by atoms with Gasteiger partial charge in [0.2, 0.25) is 0 Å². The van der Waals surface area contributed by atoms with Crippen LogP contribution in [0.5, 0.6) is 5.75 Å². The third-order valence-corrected chi connectivity index (χ3v) is 3.67. The van der Waals surface area contributed by atoms with Crippen LogP contribution in [-0.4, -0.2) is 12.0 Å². The lowest BCUT2D eigenvalue weighted by molar-refractivity contribution is -0.122. The van der Waals surface area contributed by atoms with Gasteiger partial charge in [-0.15, -0.1) is 0 Å². The maximum atomic E-state index is 12.5. The number of rotatable bonds is 5. The summed E-state index contributed by atoms with van der Waals surface area (Å²) in [5.74, 6) is 0.642. The standard InChI is InChI=1S/C19H23NO2/c1-5-17(22-18-9-7-6-8-14(18)3)19(21)20-16-11-10-13(2)12-15(16)4/h6-12,17H,5H2,1-4H3,(H,20,21). The molecule has 2 rings (SSSR count). The Bertz CT molecular complexity index is 664. The second kappa shape index (κ2) is 7.12. The van der Waals surface area contributed by atoms with Gasteiger partial charge in [-0.1, -0.05) is 42.8 Å². The minimum absolute atomic E-state index is 0.113. The number of carbonyl (C=O) groups excluding carboxylic acids is 1. The third-order valence-electron chi connectivity index (χ3n) is 3.67. The van der Waals surface area contributed by atoms with E-state index in [0.717, 1.165) is 22.6 Å². The van der Waals surface area contributed by atoms with Gasteiger partial charge < -0.3 is 10.1 Å². The number of amides is 1. The first-order valence-electron chi connectivity index (χ1n) is 7.61. The maximum Gasteiger partial charge on any atom is 0.265 e. The molecule has 0 heterocycles. The van der Waals surface area contributed by atoms with Gasteiger partial charge in [0.1, 0.15) is 5.75 Å². The second-order valence-corrected chi connectivity index (χ2v) is 5.59. The van der Waals surface area contributed by atoms with Gasteiger partial charge in [0.15, 0.2) is 6.10 Å². The predicted octanol–water partition coefficient (Wildman–Crippen LogP) is 4.41. The Kier molecular flexibility index (Phi) is 5.21. The molecule has 22 heavy (non-hydrogen) atoms. The van der Waals surface area contributed by atoms with Crippen LogP contribution < -0.4 is 10.1 Å². The van der Waals surface area contributed by atoms with Crippen molar-refractivity contribution in [1.29, 1.82) is 0 Å². The summed E-state index contributed by atoms with van der Waals surface area (Å²) in [6.07, 6.45) is 0.118. The van der Waals surface area contributed by atoms with Crippen molar-refractivity contribution in [3.8, 4) is 5.75 Å². The van der Waals surface area contributed by atoms with E-state index < -0.39 is 6.10 Å². The van der Waals surface area contributed by atoms with Crippen molar-refractivity contribution in [3.63, 3.8) is 0 Å². The molecule has 1 unspecified atom stereocenters. The second-order valence-electron chi connectivity index (χ2n) is 5.59. The van der Waals surface area contributed by atoms with Crippen molar-refractivity contribution in [2.75, 3.05) is 5.32 Å². The molecular formula is C19H23NO2. The molecule has 0 aromatic heterocycles. The smallest absolute Gasteiger partial charge is 0.265 e. The van der Waals surface area contributed by atoms with Crippen LogP contribution >= 0.6 is 0 Å². The molecule has 116 valence electrons. The molecule has 0 aliphatic carbocycles. The van der Waals surface area contributed by atoms with Crippen LogP contribution in [0.4, 0.5) is 5.69 Å². The van der Waals surface area contributed by atoms with Gasteiger partial charge in [-0.3, -0.25) is 4.79 Å². The molecule has 3 nitrogen and oxygen atoms in total. The molecule has 0 saturated carbocycles. The minimum atomic E-state index is -0.498. The van der Waals surface area contributed by atoms with Gasteiger partial charge in [0.25, 0.3) is 5.91 Å². The van der Waals surface area contributed by atoms with Gasteiger partial charge >= 0.3 is 0 Å². The highest BCUT2D eigenvalue weighted by Crippen LogP contribution is 2.21. The summed E-state index contributed by atoms with van der Waals surface area (Å²) in [5, 5.41) is 2.96. The highest BCUT2D eigenvalue weighted by Gasteiger charge is 2.19. The highest BCUT2D eigenvalue weighted by atomic mass is 16.5. The fourth-order valence-corrected chi connectivity index (χ4v) is 2.33. The number of carbonyl (C=O) groups is 1. The van der Waals surface area contributed by atoms with Gasteiger partial charge in [-0.2, -0.15) is 0 Å². The van der Waals surface area contributed by atoms with E-state index in [0.29, 0.717) is 6.42 Å². The van der Waals surface area contributed by atoms with E-state index in [1.807, 2.05) is 64.1 Å². The molecule has 0 radical (unpaired) electrons. The maximum absolute atomic E-state index is 12.5. The Labute approximate surface area is 132 Å². The molecule has 3 heteroatoms. The van der Waals surface area contributed by atoms with E-state index in [2.05, 4.69) is 11.4 Å². The van der Waals surface area contributed by atoms with Crippen molar-refractivity contribution in [1.82, 2.24) is 0 Å². The number of nitrogens with one attached hydrogen (secondary N) is 1. The molecule has 0 bridgehead atoms. The zero-order chi connectivity index (χ0) is 16.1. The quantitative estimate of drug-likeness (QED) is 0.888. The number of hydrogen-bond donors (Lipinski definition) is 1. The molecule has 2 aromatic rings. The lowest BCUT2D eigenvalue weighted by Gasteiger charge is -2.19. The number of aryl methyl sites for hydroxylation is 3. The zero-order valence-electron chi connectivity index (χ0n) is 13.6. The van der Waals surface area contributed by atoms with E-state index in [4.69, 9.17) is 4.74 Å². The molecule has 2 aromatic carbocycles. The average molecular weight is 297 g/mol. The fourth-order valence-electron chi connectivity index (χ4n) is 2.33. The lowest BCUT2D eigenvalue weighted by atomic mass is 10.1. The Morgan fingerprint density at radius 3 is 2.45 bits per heavy atom. The minimum Gasteiger partial charge on any atom is -0.480 e. The predicted molar refractivity (Wildman–Crippen MR) is 90.4 cm³/mol. The molecule has 1 amide bonds. The van der Waals surface area contributed by atoms with Crippen LogP contribution in [0.2, 0.25) is 0 Å². The van der Waals surface area contributed by atoms with Crippen LogP contribution in [-0.2, 0) is 4.79 Å². The Balaban J connectivity index is 2.10. The molecule has 0 saturated heterocycles. The largest absolute Gasteiger partial charge is 0.480 e. The average Bonchev–Trinajstić information content (AvgIpc) is 2.49. The van der Waals surface area contributed by atoms with Gasteiger partial charge in [-0.25, -0.2) is 0 Å². The number of benzene rings is 2. The van der Waals surface area contributed by atoms with Crippen molar-refractivity contribution < 1.29 is 9.53 Å². The molecular weight excluding hydrogens is 274 g/mol. The lowest BCUT2D eigenvalue weighted by Crippen LogP contribution is -2.32. The first-order valence-corrected chi connectivity index (χ1v) is 7.61. The molecule has 0 aliphatic rings. The van der Waals surface area contributed by atoms with E-state index in [1.54, 1.807) is 0 Å². The van der Waals surface area contributed by atoms with E-state index in [-0.39, 0.29) is 5.91 Å². The SMILES string of the molecule is CCC(Oc1ccccc1C)C(=O)Nc1ccc(C)cc1C. The Morgan fingerprint density at radius 1 is 1.09 bits per heavy atom. The third kappa shape index (κ3) is 3.88. The van der Waals surface area contributed by atoms with Gasteiger partial charge in [0, 0.05) is 5.69 Å². The number of para-hydroxylation sites is 1. The molecule has 0 spiro atoms. The number of hydrogen-bond acceptors (Lipinski definition) is 2. The summed E-state index contributed by atoms with van der Waals surface area (Å²) < 4.78 is 5.88. The van der Waals surface area contributed by atoms with Crippen LogP contribution in [0.25, 0.3) is 0 Å². The molecule has 0 fully saturated rings. The Hall–Kier alpha value is -2.29. The molecule has 0 aliphatic heterocycles.